The molecule has 3 aliphatic heterocycles. The number of hydrogen-bond acceptors (Lipinski definition) is 5. The van der Waals surface area contributed by atoms with Gasteiger partial charge in [-0.2, -0.15) is 5.01 Å². The summed E-state index contributed by atoms with van der Waals surface area (Å²) in [5, 5.41) is 2.40. The topological polar surface area (TPSA) is 79.4 Å². The quantitative estimate of drug-likeness (QED) is 0.756. The fourth-order valence-corrected chi connectivity index (χ4v) is 3.50. The first-order chi connectivity index (χ1) is 12.6. The number of carbonyl (C=O) groups excluding carboxylic acids is 3. The van der Waals surface area contributed by atoms with E-state index in [4.69, 9.17) is 9.47 Å². The molecule has 0 radical (unpaired) electrons. The first-order valence-corrected chi connectivity index (χ1v) is 8.18. The van der Waals surface area contributed by atoms with E-state index >= 15 is 0 Å². The van der Waals surface area contributed by atoms with Gasteiger partial charge in [-0.3, -0.25) is 9.69 Å². The average molecular weight is 355 g/mol. The number of hydrogen-bond donors (Lipinski definition) is 0. The number of β-lactam (4-membered cyclic amide) rings is 1. The van der Waals surface area contributed by atoms with E-state index < -0.39 is 24.3 Å². The number of methoxy groups -OCH3 is 1. The third-order valence-corrected chi connectivity index (χ3v) is 4.72. The minimum Gasteiger partial charge on any atom is -0.451 e. The number of cyclic esters (lactones) is 1. The molecule has 4 rings (SSSR count). The average Bonchev–Trinajstić information content (AvgIpc) is 2.92. The molecule has 2 fully saturated rings. The predicted molar refractivity (Wildman–Crippen MR) is 89.3 cm³/mol. The first kappa shape index (κ1) is 16.2. The van der Waals surface area contributed by atoms with Crippen LogP contribution in [0.5, 0.6) is 0 Å². The first-order valence-electron chi connectivity index (χ1n) is 8.18. The zero-order valence-electron chi connectivity index (χ0n) is 14.0. The second-order valence-electron chi connectivity index (χ2n) is 6.07. The fraction of sp³-hybridized carbons (Fsp3) is 0.278. The molecule has 0 aliphatic carbocycles. The molecule has 0 N–H and O–H groups in total. The highest BCUT2D eigenvalue weighted by Crippen LogP contribution is 2.38. The number of nitrogens with zero attached hydrogens (tertiary/aromatic N) is 3. The summed E-state index contributed by atoms with van der Waals surface area (Å²) in [6.07, 6.45) is 5.39. The molecule has 0 bridgehead atoms. The van der Waals surface area contributed by atoms with Crippen molar-refractivity contribution in [3.8, 4) is 0 Å². The fourth-order valence-electron chi connectivity index (χ4n) is 3.50. The molecule has 1 aromatic carbocycles. The van der Waals surface area contributed by atoms with E-state index in [9.17, 15) is 14.4 Å². The van der Waals surface area contributed by atoms with Gasteiger partial charge in [-0.05, 0) is 11.6 Å². The number of amides is 3. The van der Waals surface area contributed by atoms with Crippen LogP contribution >= 0.6 is 0 Å². The zero-order chi connectivity index (χ0) is 18.3. The van der Waals surface area contributed by atoms with Crippen molar-refractivity contribution in [3.63, 3.8) is 0 Å². The Labute approximate surface area is 149 Å². The Hall–Kier alpha value is -3.29. The lowest BCUT2D eigenvalue weighted by atomic mass is 9.93. The molecule has 3 aliphatic rings. The molecule has 26 heavy (non-hydrogen) atoms. The zero-order valence-corrected chi connectivity index (χ0v) is 14.0. The van der Waals surface area contributed by atoms with Crippen LogP contribution in [-0.2, 0) is 14.3 Å². The van der Waals surface area contributed by atoms with E-state index in [-0.39, 0.29) is 18.6 Å². The van der Waals surface area contributed by atoms with Crippen LogP contribution in [0.1, 0.15) is 11.6 Å². The molecule has 0 aromatic heterocycles. The van der Waals surface area contributed by atoms with Gasteiger partial charge >= 0.3 is 12.2 Å². The number of fused-ring (bicyclic) bond motifs is 1. The van der Waals surface area contributed by atoms with Gasteiger partial charge in [-0.25, -0.2) is 14.6 Å². The second kappa shape index (κ2) is 6.21. The SMILES string of the molecule is COC(=O)N1C=CC=C[C@H]2[C@H](N3C(=O)OC[C@H]3c3ccccc3)C(=O)N21. The van der Waals surface area contributed by atoms with E-state index in [1.807, 2.05) is 30.3 Å². The van der Waals surface area contributed by atoms with Crippen molar-refractivity contribution >= 4 is 18.1 Å². The standard InChI is InChI=1S/C18H17N3O5/c1-25-17(23)19-10-6-5-9-13-15(16(22)21(13)19)20-14(11-26-18(20)24)12-7-3-2-4-8-12/h2-10,13-15H,11H2,1H3/t13-,14-,15-/m0/s1. The van der Waals surface area contributed by atoms with Crippen molar-refractivity contribution in [1.29, 1.82) is 0 Å². The molecule has 3 atom stereocenters. The molecule has 8 heteroatoms. The lowest BCUT2D eigenvalue weighted by Gasteiger charge is -2.51. The van der Waals surface area contributed by atoms with Crippen LogP contribution in [0, 0.1) is 0 Å². The van der Waals surface area contributed by atoms with Gasteiger partial charge in [0.05, 0.1) is 13.2 Å². The maximum Gasteiger partial charge on any atom is 0.432 e. The lowest BCUT2D eigenvalue weighted by molar-refractivity contribution is -0.174. The highest BCUT2D eigenvalue weighted by Gasteiger charge is 2.58. The summed E-state index contributed by atoms with van der Waals surface area (Å²) in [5.41, 5.74) is 0.894. The molecule has 3 heterocycles. The van der Waals surface area contributed by atoms with E-state index in [1.54, 1.807) is 18.2 Å². The molecule has 2 saturated heterocycles. The van der Waals surface area contributed by atoms with Gasteiger partial charge in [0.25, 0.3) is 5.91 Å². The van der Waals surface area contributed by atoms with Crippen molar-refractivity contribution in [1.82, 2.24) is 14.9 Å². The summed E-state index contributed by atoms with van der Waals surface area (Å²) < 4.78 is 9.94. The monoisotopic (exact) mass is 355 g/mol. The van der Waals surface area contributed by atoms with Gasteiger partial charge in [0.1, 0.15) is 18.7 Å². The Morgan fingerprint density at radius 1 is 1.19 bits per heavy atom. The number of hydrazine groups is 1. The van der Waals surface area contributed by atoms with Gasteiger partial charge in [-0.15, -0.1) is 0 Å². The summed E-state index contributed by atoms with van der Waals surface area (Å²) in [7, 11) is 1.24. The van der Waals surface area contributed by atoms with E-state index in [2.05, 4.69) is 0 Å². The minimum atomic E-state index is -0.737. The number of carbonyl (C=O) groups is 3. The molecule has 0 unspecified atom stereocenters. The highest BCUT2D eigenvalue weighted by atomic mass is 16.6. The number of benzene rings is 1. The third-order valence-electron chi connectivity index (χ3n) is 4.72. The Morgan fingerprint density at radius 2 is 1.96 bits per heavy atom. The maximum absolute atomic E-state index is 12.8. The molecule has 0 spiro atoms. The highest BCUT2D eigenvalue weighted by molar-refractivity contribution is 5.95. The van der Waals surface area contributed by atoms with Crippen LogP contribution in [0.4, 0.5) is 9.59 Å². The van der Waals surface area contributed by atoms with Crippen molar-refractivity contribution < 1.29 is 23.9 Å². The van der Waals surface area contributed by atoms with Crippen LogP contribution < -0.4 is 0 Å². The molecular weight excluding hydrogens is 338 g/mol. The Balaban J connectivity index is 1.65. The lowest BCUT2D eigenvalue weighted by Crippen LogP contribution is -2.74. The summed E-state index contributed by atoms with van der Waals surface area (Å²) >= 11 is 0. The van der Waals surface area contributed by atoms with Crippen LogP contribution in [0.2, 0.25) is 0 Å². The van der Waals surface area contributed by atoms with E-state index in [0.717, 1.165) is 10.6 Å². The van der Waals surface area contributed by atoms with Crippen molar-refractivity contribution in [2.75, 3.05) is 13.7 Å². The number of allylic oxidation sites excluding steroid dienone is 2. The third kappa shape index (κ3) is 2.33. The summed E-state index contributed by atoms with van der Waals surface area (Å²) in [4.78, 5) is 38.6. The predicted octanol–water partition coefficient (Wildman–Crippen LogP) is 1.83. The van der Waals surface area contributed by atoms with Crippen molar-refractivity contribution in [3.05, 3.63) is 60.3 Å². The van der Waals surface area contributed by atoms with Crippen LogP contribution in [0.25, 0.3) is 0 Å². The maximum atomic E-state index is 12.8. The Bertz CT molecular complexity index is 806. The van der Waals surface area contributed by atoms with Crippen molar-refractivity contribution in [2.24, 2.45) is 0 Å². The van der Waals surface area contributed by atoms with Crippen LogP contribution in [0.3, 0.4) is 0 Å². The molecule has 3 amide bonds. The molecule has 0 saturated carbocycles. The number of rotatable bonds is 2. The molecule has 8 nitrogen and oxygen atoms in total. The molecular formula is C18H17N3O5. The summed E-state index contributed by atoms with van der Waals surface area (Å²) in [6, 6.07) is 7.86. The van der Waals surface area contributed by atoms with Gasteiger partial charge in [-0.1, -0.05) is 42.5 Å². The van der Waals surface area contributed by atoms with Gasteiger partial charge in [0.2, 0.25) is 0 Å². The Kier molecular flexibility index (Phi) is 3.87. The number of ether oxygens (including phenoxy) is 2. The molecule has 1 aromatic rings. The van der Waals surface area contributed by atoms with Crippen LogP contribution in [-0.4, -0.2) is 58.8 Å². The van der Waals surface area contributed by atoms with Gasteiger partial charge in [0, 0.05) is 6.20 Å². The van der Waals surface area contributed by atoms with Crippen LogP contribution in [0.15, 0.2) is 54.8 Å². The Morgan fingerprint density at radius 3 is 2.69 bits per heavy atom. The van der Waals surface area contributed by atoms with E-state index in [1.165, 1.54) is 23.2 Å². The van der Waals surface area contributed by atoms with E-state index in [0.29, 0.717) is 0 Å². The minimum absolute atomic E-state index is 0.183. The van der Waals surface area contributed by atoms with Gasteiger partial charge < -0.3 is 9.47 Å². The molecule has 134 valence electrons. The second-order valence-corrected chi connectivity index (χ2v) is 6.07. The largest absolute Gasteiger partial charge is 0.451 e. The smallest absolute Gasteiger partial charge is 0.432 e. The van der Waals surface area contributed by atoms with Gasteiger partial charge in [0.15, 0.2) is 0 Å². The normalized spacial score (nSPS) is 27.0. The van der Waals surface area contributed by atoms with Crippen molar-refractivity contribution in [2.45, 2.75) is 18.1 Å². The summed E-state index contributed by atoms with van der Waals surface area (Å²) in [6.45, 7) is 0.183. The summed E-state index contributed by atoms with van der Waals surface area (Å²) in [5.74, 6) is -0.364.